The predicted molar refractivity (Wildman–Crippen MR) is 73.6 cm³/mol. The molecule has 0 aromatic heterocycles. The first-order chi connectivity index (χ1) is 8.48. The third kappa shape index (κ3) is 4.76. The predicted octanol–water partition coefficient (Wildman–Crippen LogP) is 0.0667. The van der Waals surface area contributed by atoms with Gasteiger partial charge < -0.3 is 20.5 Å². The van der Waals surface area contributed by atoms with E-state index in [0.717, 1.165) is 5.75 Å². The lowest BCUT2D eigenvalue weighted by atomic mass is 9.93. The van der Waals surface area contributed by atoms with Crippen LogP contribution in [0.5, 0.6) is 0 Å². The Bertz CT molecular complexity index is 270. The molecule has 1 heterocycles. The SMILES string of the molecule is CSCC[C@H](N)C(=O)N(C)CC1(O)CCOCC1. The van der Waals surface area contributed by atoms with Gasteiger partial charge in [0.15, 0.2) is 0 Å². The van der Waals surface area contributed by atoms with Gasteiger partial charge >= 0.3 is 0 Å². The summed E-state index contributed by atoms with van der Waals surface area (Å²) in [5.74, 6) is 0.780. The number of carbonyl (C=O) groups is 1. The molecule has 6 heteroatoms. The molecule has 1 rings (SSSR count). The van der Waals surface area contributed by atoms with Crippen LogP contribution < -0.4 is 5.73 Å². The van der Waals surface area contributed by atoms with Gasteiger partial charge in [-0.1, -0.05) is 0 Å². The number of carbonyl (C=O) groups excluding carboxylic acids is 1. The molecule has 0 bridgehead atoms. The van der Waals surface area contributed by atoms with Crippen molar-refractivity contribution >= 4 is 17.7 Å². The van der Waals surface area contributed by atoms with Crippen LogP contribution in [0.3, 0.4) is 0 Å². The Balaban J connectivity index is 2.43. The standard InChI is InChI=1S/C12H24N2O3S/c1-14(11(15)10(13)3-8-18-2)9-12(16)4-6-17-7-5-12/h10,16H,3-9,13H2,1-2H3/t10-/m0/s1. The highest BCUT2D eigenvalue weighted by molar-refractivity contribution is 7.98. The van der Waals surface area contributed by atoms with Gasteiger partial charge in [0, 0.05) is 39.6 Å². The average Bonchev–Trinajstić information content (AvgIpc) is 2.35. The molecule has 18 heavy (non-hydrogen) atoms. The minimum Gasteiger partial charge on any atom is -0.388 e. The molecule has 1 atom stereocenters. The zero-order chi connectivity index (χ0) is 13.6. The molecule has 0 unspecified atom stereocenters. The van der Waals surface area contributed by atoms with Crippen molar-refractivity contribution < 1.29 is 14.6 Å². The minimum atomic E-state index is -0.818. The van der Waals surface area contributed by atoms with Crippen molar-refractivity contribution in [3.63, 3.8) is 0 Å². The van der Waals surface area contributed by atoms with E-state index >= 15 is 0 Å². The maximum absolute atomic E-state index is 12.0. The highest BCUT2D eigenvalue weighted by Crippen LogP contribution is 2.21. The van der Waals surface area contributed by atoms with Gasteiger partial charge in [0.1, 0.15) is 0 Å². The molecule has 0 aliphatic carbocycles. The zero-order valence-corrected chi connectivity index (χ0v) is 12.0. The fourth-order valence-corrected chi connectivity index (χ4v) is 2.57. The van der Waals surface area contributed by atoms with Crippen molar-refractivity contribution in [2.75, 3.05) is 38.8 Å². The van der Waals surface area contributed by atoms with Crippen LogP contribution in [0.4, 0.5) is 0 Å². The van der Waals surface area contributed by atoms with E-state index in [4.69, 9.17) is 10.5 Å². The van der Waals surface area contributed by atoms with Crippen molar-refractivity contribution in [1.82, 2.24) is 4.90 Å². The molecule has 1 fully saturated rings. The quantitative estimate of drug-likeness (QED) is 0.718. The summed E-state index contributed by atoms with van der Waals surface area (Å²) in [5, 5.41) is 10.3. The Morgan fingerprint density at radius 1 is 1.56 bits per heavy atom. The molecule has 1 aliphatic heterocycles. The highest BCUT2D eigenvalue weighted by Gasteiger charge is 2.33. The highest BCUT2D eigenvalue weighted by atomic mass is 32.2. The van der Waals surface area contributed by atoms with Gasteiger partial charge in [-0.3, -0.25) is 4.79 Å². The molecule has 1 saturated heterocycles. The van der Waals surface area contributed by atoms with Crippen LogP contribution in [-0.4, -0.2) is 66.4 Å². The topological polar surface area (TPSA) is 75.8 Å². The number of aliphatic hydroxyl groups is 1. The second kappa shape index (κ2) is 7.33. The van der Waals surface area contributed by atoms with E-state index in [9.17, 15) is 9.90 Å². The van der Waals surface area contributed by atoms with Crippen molar-refractivity contribution in [2.24, 2.45) is 5.73 Å². The number of amides is 1. The molecule has 1 aliphatic rings. The first-order valence-corrected chi connectivity index (χ1v) is 7.67. The lowest BCUT2D eigenvalue weighted by Crippen LogP contribution is -2.51. The van der Waals surface area contributed by atoms with Gasteiger partial charge in [-0.05, 0) is 18.4 Å². The fourth-order valence-electron chi connectivity index (χ4n) is 2.08. The van der Waals surface area contributed by atoms with Gasteiger partial charge in [-0.25, -0.2) is 0 Å². The van der Waals surface area contributed by atoms with Crippen molar-refractivity contribution in [2.45, 2.75) is 30.9 Å². The van der Waals surface area contributed by atoms with E-state index < -0.39 is 11.6 Å². The molecule has 0 saturated carbocycles. The van der Waals surface area contributed by atoms with Crippen LogP contribution in [0.25, 0.3) is 0 Å². The first-order valence-electron chi connectivity index (χ1n) is 6.28. The Labute approximate surface area is 113 Å². The molecule has 0 aromatic carbocycles. The molecule has 3 N–H and O–H groups in total. The lowest BCUT2D eigenvalue weighted by Gasteiger charge is -2.36. The number of nitrogens with zero attached hydrogens (tertiary/aromatic N) is 1. The summed E-state index contributed by atoms with van der Waals surface area (Å²) in [6, 6.07) is -0.467. The molecule has 5 nitrogen and oxygen atoms in total. The maximum Gasteiger partial charge on any atom is 0.239 e. The van der Waals surface area contributed by atoms with E-state index in [-0.39, 0.29) is 5.91 Å². The molecular weight excluding hydrogens is 252 g/mol. The number of nitrogens with two attached hydrogens (primary N) is 1. The smallest absolute Gasteiger partial charge is 0.239 e. The van der Waals surface area contributed by atoms with E-state index in [0.29, 0.717) is 39.0 Å². The zero-order valence-electron chi connectivity index (χ0n) is 11.2. The van der Waals surface area contributed by atoms with Crippen LogP contribution in [0.15, 0.2) is 0 Å². The number of rotatable bonds is 6. The molecule has 1 amide bonds. The second-order valence-corrected chi connectivity index (χ2v) is 5.90. The van der Waals surface area contributed by atoms with Crippen molar-refractivity contribution in [3.05, 3.63) is 0 Å². The van der Waals surface area contributed by atoms with Crippen LogP contribution in [-0.2, 0) is 9.53 Å². The van der Waals surface area contributed by atoms with Gasteiger partial charge in [0.05, 0.1) is 11.6 Å². The summed E-state index contributed by atoms with van der Waals surface area (Å²) >= 11 is 1.68. The van der Waals surface area contributed by atoms with Crippen molar-refractivity contribution in [1.29, 1.82) is 0 Å². The normalized spacial score (nSPS) is 20.4. The third-order valence-corrected chi connectivity index (χ3v) is 3.93. The summed E-state index contributed by atoms with van der Waals surface area (Å²) in [6.07, 6.45) is 3.81. The van der Waals surface area contributed by atoms with Gasteiger partial charge in [0.25, 0.3) is 0 Å². The van der Waals surface area contributed by atoms with Crippen LogP contribution in [0, 0.1) is 0 Å². The minimum absolute atomic E-state index is 0.0935. The second-order valence-electron chi connectivity index (χ2n) is 4.92. The van der Waals surface area contributed by atoms with E-state index in [1.54, 1.807) is 23.7 Å². The van der Waals surface area contributed by atoms with E-state index in [2.05, 4.69) is 0 Å². The monoisotopic (exact) mass is 276 g/mol. The average molecular weight is 276 g/mol. The summed E-state index contributed by atoms with van der Waals surface area (Å²) in [5.41, 5.74) is 5.02. The molecule has 0 radical (unpaired) electrons. The van der Waals surface area contributed by atoms with Gasteiger partial charge in [-0.15, -0.1) is 0 Å². The fraction of sp³-hybridized carbons (Fsp3) is 0.917. The number of thioether (sulfide) groups is 1. The summed E-state index contributed by atoms with van der Waals surface area (Å²) < 4.78 is 5.22. The van der Waals surface area contributed by atoms with E-state index in [1.807, 2.05) is 6.26 Å². The molecular formula is C12H24N2O3S. The maximum atomic E-state index is 12.0. The van der Waals surface area contributed by atoms with E-state index in [1.165, 1.54) is 0 Å². The van der Waals surface area contributed by atoms with Crippen molar-refractivity contribution in [3.8, 4) is 0 Å². The Morgan fingerprint density at radius 2 is 2.17 bits per heavy atom. The van der Waals surface area contributed by atoms with Gasteiger partial charge in [-0.2, -0.15) is 11.8 Å². The third-order valence-electron chi connectivity index (χ3n) is 3.28. The lowest BCUT2D eigenvalue weighted by molar-refractivity contribution is -0.138. The number of likely N-dealkylation sites (N-methyl/N-ethyl adjacent to an activating group) is 1. The summed E-state index contributed by atoms with van der Waals surface area (Å²) in [4.78, 5) is 13.6. The molecule has 0 spiro atoms. The van der Waals surface area contributed by atoms with Crippen LogP contribution >= 0.6 is 11.8 Å². The Morgan fingerprint density at radius 3 is 2.72 bits per heavy atom. The number of ether oxygens (including phenoxy) is 1. The number of hydrogen-bond acceptors (Lipinski definition) is 5. The summed E-state index contributed by atoms with van der Waals surface area (Å²) in [6.45, 7) is 1.44. The van der Waals surface area contributed by atoms with Crippen LogP contribution in [0.1, 0.15) is 19.3 Å². The first kappa shape index (κ1) is 15.8. The van der Waals surface area contributed by atoms with Gasteiger partial charge in [0.2, 0.25) is 5.91 Å². The largest absolute Gasteiger partial charge is 0.388 e. The van der Waals surface area contributed by atoms with Crippen LogP contribution in [0.2, 0.25) is 0 Å². The Kier molecular flexibility index (Phi) is 6.42. The Hall–Kier alpha value is -0.300. The number of hydrogen-bond donors (Lipinski definition) is 2. The molecule has 106 valence electrons. The summed E-state index contributed by atoms with van der Waals surface area (Å²) in [7, 11) is 1.70. The molecule has 0 aromatic rings.